The quantitative estimate of drug-likeness (QED) is 0.570. The molecule has 0 bridgehead atoms. The summed E-state index contributed by atoms with van der Waals surface area (Å²) in [5, 5.41) is 5.93. The Morgan fingerprint density at radius 3 is 1.69 bits per heavy atom. The van der Waals surface area contributed by atoms with Crippen molar-refractivity contribution in [3.8, 4) is 0 Å². The maximum Gasteiger partial charge on any atom is 0.315 e. The molecule has 0 aliphatic carbocycles. The first-order chi connectivity index (χ1) is 7.75. The normalized spacial score (nSPS) is 19.0. The van der Waals surface area contributed by atoms with Crippen LogP contribution in [-0.4, -0.2) is 46.7 Å². The van der Waals surface area contributed by atoms with Gasteiger partial charge in [-0.1, -0.05) is 23.5 Å². The summed E-state index contributed by atoms with van der Waals surface area (Å²) >= 11 is 2.87. The van der Waals surface area contributed by atoms with Gasteiger partial charge >= 0.3 is 11.8 Å². The summed E-state index contributed by atoms with van der Waals surface area (Å²) in [6.07, 6.45) is 0. The van der Waals surface area contributed by atoms with Crippen LogP contribution in [0.2, 0.25) is 0 Å². The van der Waals surface area contributed by atoms with Crippen LogP contribution in [0.25, 0.3) is 0 Å². The van der Waals surface area contributed by atoms with Crippen LogP contribution in [0.3, 0.4) is 0 Å². The molecule has 2 aliphatic heterocycles. The Morgan fingerprint density at radius 1 is 0.938 bits per heavy atom. The predicted octanol–water partition coefficient (Wildman–Crippen LogP) is -0.576. The molecule has 0 unspecified atom stereocenters. The number of hydrogen-bond donors (Lipinski definition) is 2. The number of carbonyl (C=O) groups excluding carboxylic acids is 2. The minimum absolute atomic E-state index is 0.515. The highest BCUT2D eigenvalue weighted by Gasteiger charge is 2.20. The van der Waals surface area contributed by atoms with E-state index in [1.165, 1.54) is 23.5 Å². The highest BCUT2D eigenvalue weighted by atomic mass is 32.2. The van der Waals surface area contributed by atoms with Crippen LogP contribution in [0, 0.1) is 0 Å². The van der Waals surface area contributed by atoms with Gasteiger partial charge in [-0.05, 0) is 0 Å². The van der Waals surface area contributed by atoms with E-state index in [0.29, 0.717) is 23.4 Å². The minimum atomic E-state index is -0.691. The zero-order valence-corrected chi connectivity index (χ0v) is 9.99. The van der Waals surface area contributed by atoms with Gasteiger partial charge in [-0.25, -0.2) is 0 Å². The van der Waals surface area contributed by atoms with Gasteiger partial charge < -0.3 is 0 Å². The van der Waals surface area contributed by atoms with Gasteiger partial charge in [-0.2, -0.15) is 0 Å². The Morgan fingerprint density at radius 2 is 1.38 bits per heavy atom. The number of nitrogens with one attached hydrogen (secondary N) is 2. The van der Waals surface area contributed by atoms with Crippen molar-refractivity contribution in [3.05, 3.63) is 0 Å². The van der Waals surface area contributed by atoms with Gasteiger partial charge in [0.1, 0.15) is 0 Å². The van der Waals surface area contributed by atoms with Crippen LogP contribution < -0.4 is 10.6 Å². The fourth-order valence-electron chi connectivity index (χ4n) is 1.13. The number of hydrogen-bond acceptors (Lipinski definition) is 6. The SMILES string of the molecule is O=C(NC1=NCCS1)C(=O)NC1=NCCS1. The number of thioether (sulfide) groups is 2. The number of amidine groups is 2. The van der Waals surface area contributed by atoms with E-state index in [0.717, 1.165) is 11.5 Å². The lowest BCUT2D eigenvalue weighted by atomic mass is 10.5. The standard InChI is InChI=1S/C8H10N4O2S2/c13-5(11-7-9-1-3-15-7)6(14)12-8-10-2-4-16-8/h1-4H2,(H,9,11,13)(H,10,12,14). The van der Waals surface area contributed by atoms with E-state index in [2.05, 4.69) is 20.6 Å². The van der Waals surface area contributed by atoms with Gasteiger partial charge in [0.05, 0.1) is 13.1 Å². The molecular weight excluding hydrogens is 248 g/mol. The zero-order chi connectivity index (χ0) is 11.4. The summed E-state index contributed by atoms with van der Waals surface area (Å²) in [6.45, 7) is 1.37. The van der Waals surface area contributed by atoms with Gasteiger partial charge in [0.25, 0.3) is 0 Å². The fraction of sp³-hybridized carbons (Fsp3) is 0.500. The van der Waals surface area contributed by atoms with E-state index >= 15 is 0 Å². The summed E-state index contributed by atoms with van der Waals surface area (Å²) in [5.74, 6) is 0.311. The Kier molecular flexibility index (Phi) is 3.83. The third-order valence-electron chi connectivity index (χ3n) is 1.82. The van der Waals surface area contributed by atoms with Crippen LogP contribution >= 0.6 is 23.5 Å². The van der Waals surface area contributed by atoms with Crippen molar-refractivity contribution in [2.45, 2.75) is 0 Å². The lowest BCUT2D eigenvalue weighted by Gasteiger charge is -2.04. The molecule has 6 nitrogen and oxygen atoms in total. The van der Waals surface area contributed by atoms with Crippen molar-refractivity contribution in [3.63, 3.8) is 0 Å². The first-order valence-electron chi connectivity index (χ1n) is 4.72. The molecule has 0 saturated carbocycles. The highest BCUT2D eigenvalue weighted by Crippen LogP contribution is 2.09. The number of carbonyl (C=O) groups is 2. The lowest BCUT2D eigenvalue weighted by molar-refractivity contribution is -0.137. The third kappa shape index (κ3) is 2.99. The second kappa shape index (κ2) is 5.35. The summed E-state index contributed by atoms with van der Waals surface area (Å²) < 4.78 is 0. The average molecular weight is 258 g/mol. The van der Waals surface area contributed by atoms with Crippen LogP contribution in [-0.2, 0) is 9.59 Å². The molecule has 2 heterocycles. The van der Waals surface area contributed by atoms with Crippen molar-refractivity contribution >= 4 is 45.7 Å². The van der Waals surface area contributed by atoms with Crippen molar-refractivity contribution < 1.29 is 9.59 Å². The van der Waals surface area contributed by atoms with Gasteiger partial charge in [-0.15, -0.1) is 0 Å². The molecule has 2 amide bonds. The van der Waals surface area contributed by atoms with E-state index in [4.69, 9.17) is 0 Å². The molecule has 0 atom stereocenters. The summed E-state index contributed by atoms with van der Waals surface area (Å²) in [5.41, 5.74) is 0. The molecule has 16 heavy (non-hydrogen) atoms. The van der Waals surface area contributed by atoms with E-state index in [1.807, 2.05) is 0 Å². The zero-order valence-electron chi connectivity index (χ0n) is 8.36. The number of rotatable bonds is 0. The Bertz CT molecular complexity index is 344. The number of nitrogens with zero attached hydrogens (tertiary/aromatic N) is 2. The van der Waals surface area contributed by atoms with E-state index in [1.54, 1.807) is 0 Å². The monoisotopic (exact) mass is 258 g/mol. The van der Waals surface area contributed by atoms with Crippen molar-refractivity contribution in [1.29, 1.82) is 0 Å². The van der Waals surface area contributed by atoms with E-state index < -0.39 is 11.8 Å². The first-order valence-corrected chi connectivity index (χ1v) is 6.69. The van der Waals surface area contributed by atoms with Crippen molar-refractivity contribution in [1.82, 2.24) is 10.6 Å². The Balaban J connectivity index is 1.82. The second-order valence-corrected chi connectivity index (χ2v) is 5.15. The molecule has 8 heteroatoms. The molecule has 0 aromatic rings. The average Bonchev–Trinajstić information content (AvgIpc) is 2.90. The van der Waals surface area contributed by atoms with Gasteiger partial charge in [0.15, 0.2) is 10.3 Å². The lowest BCUT2D eigenvalue weighted by Crippen LogP contribution is -2.42. The number of aliphatic imine (C=N–C) groups is 2. The molecule has 0 saturated heterocycles. The van der Waals surface area contributed by atoms with E-state index in [9.17, 15) is 9.59 Å². The third-order valence-corrected chi connectivity index (χ3v) is 3.60. The van der Waals surface area contributed by atoms with Crippen molar-refractivity contribution in [2.24, 2.45) is 9.98 Å². The highest BCUT2D eigenvalue weighted by molar-refractivity contribution is 8.14. The van der Waals surface area contributed by atoms with Crippen LogP contribution in [0.15, 0.2) is 9.98 Å². The molecule has 2 aliphatic rings. The molecular formula is C8H10N4O2S2. The summed E-state index contributed by atoms with van der Waals surface area (Å²) in [6, 6.07) is 0. The molecule has 86 valence electrons. The second-order valence-electron chi connectivity index (χ2n) is 2.98. The van der Waals surface area contributed by atoms with Crippen LogP contribution in [0.1, 0.15) is 0 Å². The smallest absolute Gasteiger partial charge is 0.297 e. The molecule has 2 N–H and O–H groups in total. The maximum atomic E-state index is 11.4. The topological polar surface area (TPSA) is 82.9 Å². The largest absolute Gasteiger partial charge is 0.315 e. The molecule has 0 radical (unpaired) electrons. The number of amides is 2. The molecule has 0 aromatic carbocycles. The van der Waals surface area contributed by atoms with Gasteiger partial charge in [0, 0.05) is 11.5 Å². The van der Waals surface area contributed by atoms with Crippen LogP contribution in [0.5, 0.6) is 0 Å². The maximum absolute atomic E-state index is 11.4. The molecule has 0 spiro atoms. The minimum Gasteiger partial charge on any atom is -0.297 e. The van der Waals surface area contributed by atoms with Gasteiger partial charge in [0.2, 0.25) is 0 Å². The first kappa shape index (κ1) is 11.5. The summed E-state index contributed by atoms with van der Waals surface area (Å²) in [7, 11) is 0. The molecule has 0 fully saturated rings. The summed E-state index contributed by atoms with van der Waals surface area (Å²) in [4.78, 5) is 30.9. The predicted molar refractivity (Wildman–Crippen MR) is 65.8 cm³/mol. The van der Waals surface area contributed by atoms with Crippen molar-refractivity contribution in [2.75, 3.05) is 24.6 Å². The van der Waals surface area contributed by atoms with Crippen LogP contribution in [0.4, 0.5) is 0 Å². The van der Waals surface area contributed by atoms with E-state index in [-0.39, 0.29) is 0 Å². The Labute approximate surface area is 101 Å². The molecule has 2 rings (SSSR count). The Hall–Kier alpha value is -1.02. The molecule has 0 aromatic heterocycles. The fourth-order valence-corrected chi connectivity index (χ4v) is 2.58. The van der Waals surface area contributed by atoms with Gasteiger partial charge in [-0.3, -0.25) is 30.2 Å².